The van der Waals surface area contributed by atoms with E-state index in [1.54, 1.807) is 0 Å². The molecule has 1 aliphatic heterocycles. The van der Waals surface area contributed by atoms with E-state index in [-0.39, 0.29) is 5.41 Å². The van der Waals surface area contributed by atoms with Gasteiger partial charge in [0.2, 0.25) is 0 Å². The van der Waals surface area contributed by atoms with Gasteiger partial charge in [-0.1, -0.05) is 48.0 Å². The summed E-state index contributed by atoms with van der Waals surface area (Å²) < 4.78 is 6.75. The lowest BCUT2D eigenvalue weighted by Crippen LogP contribution is -2.18. The summed E-state index contributed by atoms with van der Waals surface area (Å²) in [6.45, 7) is 5.04. The summed E-state index contributed by atoms with van der Waals surface area (Å²) in [5.74, 6) is 0.944. The van der Waals surface area contributed by atoms with Gasteiger partial charge in [0, 0.05) is 21.9 Å². The molecule has 1 heterocycles. The van der Waals surface area contributed by atoms with Gasteiger partial charge in [-0.05, 0) is 35.4 Å². The van der Waals surface area contributed by atoms with Gasteiger partial charge in [0.15, 0.2) is 0 Å². The van der Waals surface area contributed by atoms with Crippen LogP contribution in [0.15, 0.2) is 46.9 Å². The zero-order valence-corrected chi connectivity index (χ0v) is 13.9. The molecule has 3 rings (SSSR count). The molecule has 1 unspecified atom stereocenters. The molecule has 0 fully saturated rings. The van der Waals surface area contributed by atoms with Crippen LogP contribution < -0.4 is 4.74 Å². The summed E-state index contributed by atoms with van der Waals surface area (Å²) in [6.07, 6.45) is 0.126. The van der Waals surface area contributed by atoms with E-state index in [4.69, 9.17) is 4.74 Å². The maximum absolute atomic E-state index is 10.5. The Labute approximate surface area is 133 Å². The van der Waals surface area contributed by atoms with Crippen LogP contribution in [-0.4, -0.2) is 11.7 Å². The third-order valence-electron chi connectivity index (χ3n) is 4.05. The van der Waals surface area contributed by atoms with E-state index in [0.29, 0.717) is 13.0 Å². The van der Waals surface area contributed by atoms with Crippen LogP contribution in [0.5, 0.6) is 5.75 Å². The van der Waals surface area contributed by atoms with Crippen molar-refractivity contribution in [2.45, 2.75) is 31.8 Å². The topological polar surface area (TPSA) is 29.5 Å². The number of ether oxygens (including phenoxy) is 1. The second-order valence-electron chi connectivity index (χ2n) is 6.27. The van der Waals surface area contributed by atoms with Crippen molar-refractivity contribution in [1.29, 1.82) is 0 Å². The quantitative estimate of drug-likeness (QED) is 0.892. The second-order valence-corrected chi connectivity index (χ2v) is 7.19. The number of halogens is 1. The molecule has 1 N–H and O–H groups in total. The van der Waals surface area contributed by atoms with Gasteiger partial charge in [0.05, 0.1) is 12.7 Å². The Bertz CT molecular complexity index is 647. The molecule has 1 aliphatic rings. The zero-order valence-electron chi connectivity index (χ0n) is 12.3. The Balaban J connectivity index is 1.82. The molecule has 0 aromatic heterocycles. The maximum Gasteiger partial charge on any atom is 0.123 e. The lowest BCUT2D eigenvalue weighted by molar-refractivity contribution is 0.178. The smallest absolute Gasteiger partial charge is 0.123 e. The standard InChI is InChI=1S/C18H19BrO2/c1-18(2)11-21-17-8-5-13(10-15(17)18)16(20)9-12-3-6-14(19)7-4-12/h3-8,10,16,20H,9,11H2,1-2H3. The fraction of sp³-hybridized carbons (Fsp3) is 0.333. The summed E-state index contributed by atoms with van der Waals surface area (Å²) >= 11 is 3.43. The van der Waals surface area contributed by atoms with E-state index in [1.807, 2.05) is 36.4 Å². The summed E-state index contributed by atoms with van der Waals surface area (Å²) in [5.41, 5.74) is 3.29. The summed E-state index contributed by atoms with van der Waals surface area (Å²) in [4.78, 5) is 0. The van der Waals surface area contributed by atoms with Crippen LogP contribution in [0.2, 0.25) is 0 Å². The number of fused-ring (bicyclic) bond motifs is 1. The van der Waals surface area contributed by atoms with Gasteiger partial charge in [-0.3, -0.25) is 0 Å². The minimum atomic E-state index is -0.493. The van der Waals surface area contributed by atoms with Crippen molar-refractivity contribution in [3.05, 3.63) is 63.6 Å². The van der Waals surface area contributed by atoms with Gasteiger partial charge in [-0.2, -0.15) is 0 Å². The molecule has 1 atom stereocenters. The molecule has 110 valence electrons. The van der Waals surface area contributed by atoms with E-state index >= 15 is 0 Å². The first-order chi connectivity index (χ1) is 9.95. The van der Waals surface area contributed by atoms with Crippen LogP contribution in [0.1, 0.15) is 36.6 Å². The molecule has 0 radical (unpaired) electrons. The Morgan fingerprint density at radius 3 is 2.62 bits per heavy atom. The Morgan fingerprint density at radius 1 is 1.19 bits per heavy atom. The van der Waals surface area contributed by atoms with Gasteiger partial charge < -0.3 is 9.84 Å². The number of aliphatic hydroxyl groups excluding tert-OH is 1. The number of hydrogen-bond donors (Lipinski definition) is 1. The average Bonchev–Trinajstić information content (AvgIpc) is 2.77. The van der Waals surface area contributed by atoms with E-state index in [0.717, 1.165) is 21.3 Å². The number of benzene rings is 2. The molecule has 2 nitrogen and oxygen atoms in total. The third kappa shape index (κ3) is 2.99. The van der Waals surface area contributed by atoms with E-state index in [9.17, 15) is 5.11 Å². The number of aliphatic hydroxyl groups is 1. The normalized spacial score (nSPS) is 17.1. The number of hydrogen-bond acceptors (Lipinski definition) is 2. The number of rotatable bonds is 3. The average molecular weight is 347 g/mol. The molecule has 0 spiro atoms. The van der Waals surface area contributed by atoms with Crippen molar-refractivity contribution < 1.29 is 9.84 Å². The highest BCUT2D eigenvalue weighted by molar-refractivity contribution is 9.10. The summed E-state index contributed by atoms with van der Waals surface area (Å²) in [5, 5.41) is 10.5. The molecule has 0 saturated carbocycles. The third-order valence-corrected chi connectivity index (χ3v) is 4.58. The maximum atomic E-state index is 10.5. The molecule has 2 aromatic rings. The highest BCUT2D eigenvalue weighted by Gasteiger charge is 2.32. The lowest BCUT2D eigenvalue weighted by atomic mass is 9.85. The summed E-state index contributed by atoms with van der Waals surface area (Å²) in [7, 11) is 0. The molecule has 21 heavy (non-hydrogen) atoms. The van der Waals surface area contributed by atoms with Crippen LogP contribution >= 0.6 is 15.9 Å². The largest absolute Gasteiger partial charge is 0.492 e. The van der Waals surface area contributed by atoms with Crippen molar-refractivity contribution in [1.82, 2.24) is 0 Å². The van der Waals surface area contributed by atoms with Crippen LogP contribution in [-0.2, 0) is 11.8 Å². The van der Waals surface area contributed by atoms with Gasteiger partial charge >= 0.3 is 0 Å². The summed E-state index contributed by atoms with van der Waals surface area (Å²) in [6, 6.07) is 14.1. The molecule has 0 bridgehead atoms. The second kappa shape index (κ2) is 5.47. The molecule has 0 amide bonds. The Morgan fingerprint density at radius 2 is 1.90 bits per heavy atom. The highest BCUT2D eigenvalue weighted by atomic mass is 79.9. The van der Waals surface area contributed by atoms with E-state index < -0.39 is 6.10 Å². The molecule has 0 aliphatic carbocycles. The van der Waals surface area contributed by atoms with Crippen molar-refractivity contribution in [2.24, 2.45) is 0 Å². The molecular formula is C18H19BrO2. The molecule has 0 saturated heterocycles. The fourth-order valence-corrected chi connectivity index (χ4v) is 2.97. The van der Waals surface area contributed by atoms with E-state index in [2.05, 4.69) is 35.8 Å². The van der Waals surface area contributed by atoms with Crippen molar-refractivity contribution in [3.8, 4) is 5.75 Å². The predicted octanol–water partition coefficient (Wildman–Crippen LogP) is 4.40. The minimum absolute atomic E-state index is 0.0165. The van der Waals surface area contributed by atoms with Gasteiger partial charge in [-0.25, -0.2) is 0 Å². The first-order valence-electron chi connectivity index (χ1n) is 7.15. The van der Waals surface area contributed by atoms with Crippen LogP contribution in [0.3, 0.4) is 0 Å². The molecule has 3 heteroatoms. The first-order valence-corrected chi connectivity index (χ1v) is 7.95. The Kier molecular flexibility index (Phi) is 3.80. The van der Waals surface area contributed by atoms with Crippen molar-refractivity contribution in [3.63, 3.8) is 0 Å². The highest BCUT2D eigenvalue weighted by Crippen LogP contribution is 2.39. The minimum Gasteiger partial charge on any atom is -0.492 e. The predicted molar refractivity (Wildman–Crippen MR) is 87.8 cm³/mol. The van der Waals surface area contributed by atoms with Gasteiger partial charge in [0.25, 0.3) is 0 Å². The lowest BCUT2D eigenvalue weighted by Gasteiger charge is -2.17. The van der Waals surface area contributed by atoms with E-state index in [1.165, 1.54) is 5.56 Å². The van der Waals surface area contributed by atoms with Crippen molar-refractivity contribution >= 4 is 15.9 Å². The fourth-order valence-electron chi connectivity index (χ4n) is 2.71. The van der Waals surface area contributed by atoms with Crippen LogP contribution in [0.25, 0.3) is 0 Å². The van der Waals surface area contributed by atoms with Crippen molar-refractivity contribution in [2.75, 3.05) is 6.61 Å². The Hall–Kier alpha value is -1.32. The monoisotopic (exact) mass is 346 g/mol. The SMILES string of the molecule is CC1(C)COc2ccc(C(O)Cc3ccc(Br)cc3)cc21. The first kappa shape index (κ1) is 14.6. The van der Waals surface area contributed by atoms with Crippen LogP contribution in [0.4, 0.5) is 0 Å². The molecular weight excluding hydrogens is 328 g/mol. The van der Waals surface area contributed by atoms with Gasteiger partial charge in [-0.15, -0.1) is 0 Å². The van der Waals surface area contributed by atoms with Gasteiger partial charge in [0.1, 0.15) is 5.75 Å². The van der Waals surface area contributed by atoms with Crippen LogP contribution in [0, 0.1) is 0 Å². The zero-order chi connectivity index (χ0) is 15.0. The molecule has 2 aromatic carbocycles.